The summed E-state index contributed by atoms with van der Waals surface area (Å²) in [6.07, 6.45) is 5.79. The maximum atomic E-state index is 13.4. The summed E-state index contributed by atoms with van der Waals surface area (Å²) < 4.78 is 0. The molecule has 1 unspecified atom stereocenters. The SMILES string of the molecule is CC1=C2C(=O)C=CC=C2N(Cc2ccccc2)C(=O)C1Cc1ccccc1. The molecule has 0 bridgehead atoms. The number of benzene rings is 2. The van der Waals surface area contributed by atoms with Crippen molar-refractivity contribution in [2.45, 2.75) is 19.9 Å². The van der Waals surface area contributed by atoms with Gasteiger partial charge in [-0.05, 0) is 42.2 Å². The molecule has 4 rings (SSSR count). The number of hydrogen-bond acceptors (Lipinski definition) is 2. The first-order valence-corrected chi connectivity index (χ1v) is 9.18. The zero-order valence-electron chi connectivity index (χ0n) is 15.3. The molecule has 0 radical (unpaired) electrons. The summed E-state index contributed by atoms with van der Waals surface area (Å²) in [5.74, 6) is -0.286. The van der Waals surface area contributed by atoms with Gasteiger partial charge in [0, 0.05) is 5.57 Å². The molecule has 1 aliphatic carbocycles. The molecule has 0 fully saturated rings. The third kappa shape index (κ3) is 3.28. The third-order valence-corrected chi connectivity index (χ3v) is 5.24. The number of rotatable bonds is 4. The Hall–Kier alpha value is -3.20. The molecular formula is C24H21NO2. The lowest BCUT2D eigenvalue weighted by Gasteiger charge is -2.37. The highest BCUT2D eigenvalue weighted by atomic mass is 16.2. The molecule has 134 valence electrons. The van der Waals surface area contributed by atoms with Crippen molar-refractivity contribution in [1.82, 2.24) is 4.90 Å². The van der Waals surface area contributed by atoms with Crippen molar-refractivity contribution in [1.29, 1.82) is 0 Å². The summed E-state index contributed by atoms with van der Waals surface area (Å²) in [6.45, 7) is 2.39. The maximum absolute atomic E-state index is 13.4. The van der Waals surface area contributed by atoms with Crippen LogP contribution in [0.25, 0.3) is 0 Å². The van der Waals surface area contributed by atoms with E-state index in [2.05, 4.69) is 0 Å². The smallest absolute Gasteiger partial charge is 0.234 e. The highest BCUT2D eigenvalue weighted by molar-refractivity contribution is 6.11. The van der Waals surface area contributed by atoms with Crippen LogP contribution in [-0.4, -0.2) is 16.6 Å². The second-order valence-electron chi connectivity index (χ2n) is 6.99. The summed E-state index contributed by atoms with van der Waals surface area (Å²) in [6, 6.07) is 19.9. The fourth-order valence-corrected chi connectivity index (χ4v) is 3.83. The fourth-order valence-electron chi connectivity index (χ4n) is 3.83. The standard InChI is InChI=1S/C24H21NO2/c1-17-20(15-18-9-4-2-5-10-18)24(27)25(16-19-11-6-3-7-12-19)21-13-8-14-22(26)23(17)21/h2-14,20H,15-16H2,1H3. The van der Waals surface area contributed by atoms with E-state index in [-0.39, 0.29) is 17.6 Å². The van der Waals surface area contributed by atoms with E-state index in [9.17, 15) is 9.59 Å². The molecule has 1 atom stereocenters. The lowest BCUT2D eigenvalue weighted by Crippen LogP contribution is -2.43. The molecule has 1 aliphatic heterocycles. The van der Waals surface area contributed by atoms with E-state index in [1.165, 1.54) is 0 Å². The minimum absolute atomic E-state index is 0.0198. The molecule has 0 saturated carbocycles. The van der Waals surface area contributed by atoms with Gasteiger partial charge in [0.15, 0.2) is 5.78 Å². The van der Waals surface area contributed by atoms with Crippen molar-refractivity contribution in [3.8, 4) is 0 Å². The first-order valence-electron chi connectivity index (χ1n) is 9.18. The molecule has 3 heteroatoms. The van der Waals surface area contributed by atoms with Crippen LogP contribution in [0.15, 0.2) is 95.7 Å². The molecule has 2 aromatic carbocycles. The minimum atomic E-state index is -0.321. The van der Waals surface area contributed by atoms with Crippen LogP contribution in [0.1, 0.15) is 18.1 Å². The van der Waals surface area contributed by atoms with Crippen molar-refractivity contribution in [2.75, 3.05) is 0 Å². The van der Waals surface area contributed by atoms with E-state index in [0.717, 1.165) is 22.4 Å². The van der Waals surface area contributed by atoms with Gasteiger partial charge in [0.05, 0.1) is 18.2 Å². The number of allylic oxidation sites excluding steroid dienone is 4. The van der Waals surface area contributed by atoms with Gasteiger partial charge in [-0.3, -0.25) is 9.59 Å². The van der Waals surface area contributed by atoms with Crippen molar-refractivity contribution in [3.05, 3.63) is 107 Å². The summed E-state index contributed by atoms with van der Waals surface area (Å²) in [7, 11) is 0. The maximum Gasteiger partial charge on any atom is 0.234 e. The number of fused-ring (bicyclic) bond motifs is 1. The van der Waals surface area contributed by atoms with E-state index in [1.54, 1.807) is 17.1 Å². The Morgan fingerprint density at radius 1 is 0.889 bits per heavy atom. The lowest BCUT2D eigenvalue weighted by molar-refractivity contribution is -0.133. The first kappa shape index (κ1) is 17.2. The molecule has 1 amide bonds. The summed E-state index contributed by atoms with van der Waals surface area (Å²) in [5, 5.41) is 0. The van der Waals surface area contributed by atoms with Crippen molar-refractivity contribution >= 4 is 11.7 Å². The number of carbonyl (C=O) groups is 2. The van der Waals surface area contributed by atoms with E-state index in [1.807, 2.05) is 73.7 Å². The van der Waals surface area contributed by atoms with Gasteiger partial charge in [0.1, 0.15) is 0 Å². The van der Waals surface area contributed by atoms with Crippen molar-refractivity contribution in [2.24, 2.45) is 5.92 Å². The van der Waals surface area contributed by atoms with E-state index >= 15 is 0 Å². The van der Waals surface area contributed by atoms with Gasteiger partial charge < -0.3 is 4.90 Å². The van der Waals surface area contributed by atoms with Crippen LogP contribution in [0.2, 0.25) is 0 Å². The minimum Gasteiger partial charge on any atom is -0.307 e. The molecule has 2 aromatic rings. The molecule has 27 heavy (non-hydrogen) atoms. The Morgan fingerprint density at radius 2 is 1.52 bits per heavy atom. The van der Waals surface area contributed by atoms with Crippen molar-refractivity contribution in [3.63, 3.8) is 0 Å². The molecule has 2 aliphatic rings. The van der Waals surface area contributed by atoms with Crippen LogP contribution in [0.4, 0.5) is 0 Å². The number of amides is 1. The Bertz CT molecular complexity index is 968. The van der Waals surface area contributed by atoms with E-state index < -0.39 is 0 Å². The van der Waals surface area contributed by atoms with Gasteiger partial charge in [-0.25, -0.2) is 0 Å². The van der Waals surface area contributed by atoms with Crippen LogP contribution in [0.5, 0.6) is 0 Å². The van der Waals surface area contributed by atoms with Gasteiger partial charge in [0.2, 0.25) is 5.91 Å². The van der Waals surface area contributed by atoms with Crippen LogP contribution < -0.4 is 0 Å². The lowest BCUT2D eigenvalue weighted by atomic mass is 9.81. The quantitative estimate of drug-likeness (QED) is 0.823. The summed E-state index contributed by atoms with van der Waals surface area (Å²) in [5.41, 5.74) is 4.41. The molecule has 3 nitrogen and oxygen atoms in total. The van der Waals surface area contributed by atoms with E-state index in [4.69, 9.17) is 0 Å². The number of ketones is 1. The van der Waals surface area contributed by atoms with Gasteiger partial charge in [-0.1, -0.05) is 66.7 Å². The predicted molar refractivity (Wildman–Crippen MR) is 106 cm³/mol. The molecule has 0 aromatic heterocycles. The van der Waals surface area contributed by atoms with E-state index in [0.29, 0.717) is 18.5 Å². The summed E-state index contributed by atoms with van der Waals surface area (Å²) in [4.78, 5) is 27.8. The monoisotopic (exact) mass is 355 g/mol. The zero-order chi connectivity index (χ0) is 18.8. The number of nitrogens with zero attached hydrogens (tertiary/aromatic N) is 1. The Labute approximate surface area is 159 Å². The predicted octanol–water partition coefficient (Wildman–Crippen LogP) is 4.23. The van der Waals surface area contributed by atoms with Gasteiger partial charge in [0.25, 0.3) is 0 Å². The topological polar surface area (TPSA) is 37.4 Å². The zero-order valence-corrected chi connectivity index (χ0v) is 15.3. The Morgan fingerprint density at radius 3 is 2.19 bits per heavy atom. The van der Waals surface area contributed by atoms with Crippen LogP contribution in [0, 0.1) is 5.92 Å². The largest absolute Gasteiger partial charge is 0.307 e. The average Bonchev–Trinajstić information content (AvgIpc) is 2.70. The second kappa shape index (κ2) is 7.20. The molecule has 0 N–H and O–H groups in total. The van der Waals surface area contributed by atoms with Crippen molar-refractivity contribution < 1.29 is 9.59 Å². The second-order valence-corrected chi connectivity index (χ2v) is 6.99. The van der Waals surface area contributed by atoms with Gasteiger partial charge in [-0.15, -0.1) is 0 Å². The number of carbonyl (C=O) groups excluding carboxylic acids is 2. The molecule has 0 saturated heterocycles. The van der Waals surface area contributed by atoms with Gasteiger partial charge in [-0.2, -0.15) is 0 Å². The third-order valence-electron chi connectivity index (χ3n) is 5.24. The highest BCUT2D eigenvalue weighted by Crippen LogP contribution is 2.37. The van der Waals surface area contributed by atoms with Crippen LogP contribution in [0.3, 0.4) is 0 Å². The van der Waals surface area contributed by atoms with Crippen LogP contribution in [-0.2, 0) is 22.6 Å². The van der Waals surface area contributed by atoms with Crippen LogP contribution >= 0.6 is 0 Å². The molecule has 0 spiro atoms. The first-order chi connectivity index (χ1) is 13.1. The van der Waals surface area contributed by atoms with Gasteiger partial charge >= 0.3 is 0 Å². The number of hydrogen-bond donors (Lipinski definition) is 0. The molecule has 1 heterocycles. The highest BCUT2D eigenvalue weighted by Gasteiger charge is 2.38. The fraction of sp³-hybridized carbons (Fsp3) is 0.167. The molecular weight excluding hydrogens is 334 g/mol. The summed E-state index contributed by atoms with van der Waals surface area (Å²) >= 11 is 0. The Balaban J connectivity index is 1.75. The Kier molecular flexibility index (Phi) is 4.59. The normalized spacial score (nSPS) is 19.2. The average molecular weight is 355 g/mol.